The van der Waals surface area contributed by atoms with Gasteiger partial charge in [-0.2, -0.15) is 18.3 Å². The molecule has 0 aliphatic heterocycles. The van der Waals surface area contributed by atoms with Gasteiger partial charge in [-0.3, -0.25) is 0 Å². The Morgan fingerprint density at radius 3 is 2.30 bits per heavy atom. The predicted molar refractivity (Wildman–Crippen MR) is 66.3 cm³/mol. The highest BCUT2D eigenvalue weighted by Crippen LogP contribution is 2.31. The van der Waals surface area contributed by atoms with E-state index in [1.165, 1.54) is 19.1 Å². The van der Waals surface area contributed by atoms with Crippen LogP contribution >= 0.6 is 0 Å². The molecule has 0 aliphatic carbocycles. The van der Waals surface area contributed by atoms with Crippen molar-refractivity contribution in [1.82, 2.24) is 9.78 Å². The number of nitrogens with zero attached hydrogens (tertiary/aromatic N) is 2. The molecule has 2 aromatic rings. The van der Waals surface area contributed by atoms with Gasteiger partial charge in [0.15, 0.2) is 20.6 Å². The lowest BCUT2D eigenvalue weighted by Crippen LogP contribution is -2.11. The van der Waals surface area contributed by atoms with Crippen LogP contribution in [-0.4, -0.2) is 24.0 Å². The highest BCUT2D eigenvalue weighted by atomic mass is 32.2. The van der Waals surface area contributed by atoms with E-state index in [9.17, 15) is 21.6 Å². The first-order valence-electron chi connectivity index (χ1n) is 5.71. The maximum atomic E-state index is 12.7. The number of rotatable bonds is 3. The van der Waals surface area contributed by atoms with Gasteiger partial charge in [0.1, 0.15) is 0 Å². The van der Waals surface area contributed by atoms with Crippen LogP contribution in [0.3, 0.4) is 0 Å². The molecule has 1 aromatic carbocycles. The second-order valence-electron chi connectivity index (χ2n) is 4.02. The molecule has 0 saturated heterocycles. The van der Waals surface area contributed by atoms with E-state index < -0.39 is 26.7 Å². The molecule has 108 valence electrons. The molecule has 0 bridgehead atoms. The van der Waals surface area contributed by atoms with Crippen LogP contribution in [0.25, 0.3) is 5.69 Å². The highest BCUT2D eigenvalue weighted by molar-refractivity contribution is 7.91. The van der Waals surface area contributed by atoms with Gasteiger partial charge in [0.2, 0.25) is 0 Å². The first-order chi connectivity index (χ1) is 9.25. The molecule has 0 spiro atoms. The topological polar surface area (TPSA) is 52.0 Å². The van der Waals surface area contributed by atoms with Gasteiger partial charge in [-0.25, -0.2) is 13.1 Å². The number of hydrogen-bond donors (Lipinski definition) is 0. The maximum absolute atomic E-state index is 12.7. The number of sulfone groups is 1. The molecule has 0 aliphatic rings. The van der Waals surface area contributed by atoms with Gasteiger partial charge in [-0.15, -0.1) is 0 Å². The quantitative estimate of drug-likeness (QED) is 0.876. The van der Waals surface area contributed by atoms with Crippen molar-refractivity contribution in [2.75, 3.05) is 5.75 Å². The summed E-state index contributed by atoms with van der Waals surface area (Å²) in [6.07, 6.45) is -4.70. The summed E-state index contributed by atoms with van der Waals surface area (Å²) in [6, 6.07) is 8.39. The molecule has 0 atom stereocenters. The molecular formula is C12H11F3N2O2S. The fourth-order valence-corrected chi connectivity index (χ4v) is 2.62. The van der Waals surface area contributed by atoms with Crippen LogP contribution in [0.4, 0.5) is 13.2 Å². The SMILES string of the molecule is CCS(=O)(=O)c1cc(C(F)(F)F)nn1-c1ccccc1. The van der Waals surface area contributed by atoms with Crippen LogP contribution in [0.15, 0.2) is 41.4 Å². The molecule has 4 nitrogen and oxygen atoms in total. The van der Waals surface area contributed by atoms with E-state index in [2.05, 4.69) is 5.10 Å². The van der Waals surface area contributed by atoms with Crippen molar-refractivity contribution < 1.29 is 21.6 Å². The smallest absolute Gasteiger partial charge is 0.222 e. The summed E-state index contributed by atoms with van der Waals surface area (Å²) in [7, 11) is -3.82. The summed E-state index contributed by atoms with van der Waals surface area (Å²) >= 11 is 0. The molecule has 20 heavy (non-hydrogen) atoms. The summed E-state index contributed by atoms with van der Waals surface area (Å²) < 4.78 is 62.8. The zero-order valence-corrected chi connectivity index (χ0v) is 11.2. The monoisotopic (exact) mass is 304 g/mol. The molecule has 0 radical (unpaired) electrons. The molecule has 8 heteroatoms. The average Bonchev–Trinajstić information content (AvgIpc) is 2.85. The van der Waals surface area contributed by atoms with E-state index in [4.69, 9.17) is 0 Å². The first kappa shape index (κ1) is 14.6. The van der Waals surface area contributed by atoms with E-state index >= 15 is 0 Å². The highest BCUT2D eigenvalue weighted by Gasteiger charge is 2.37. The standard InChI is InChI=1S/C12H11F3N2O2S/c1-2-20(18,19)11-8-10(12(13,14)15)16-17(11)9-6-4-3-5-7-9/h3-8H,2H2,1H3. The summed E-state index contributed by atoms with van der Waals surface area (Å²) in [5.41, 5.74) is -0.969. The van der Waals surface area contributed by atoms with Crippen molar-refractivity contribution in [2.24, 2.45) is 0 Å². The van der Waals surface area contributed by atoms with E-state index in [1.54, 1.807) is 18.2 Å². The number of benzene rings is 1. The minimum Gasteiger partial charge on any atom is -0.222 e. The fraction of sp³-hybridized carbons (Fsp3) is 0.250. The summed E-state index contributed by atoms with van der Waals surface area (Å²) in [6.45, 7) is 1.37. The molecule has 2 rings (SSSR count). The lowest BCUT2D eigenvalue weighted by atomic mass is 10.3. The number of alkyl halides is 3. The Kier molecular flexibility index (Phi) is 3.59. The van der Waals surface area contributed by atoms with E-state index in [0.29, 0.717) is 6.07 Å². The second kappa shape index (κ2) is 4.93. The van der Waals surface area contributed by atoms with Crippen molar-refractivity contribution >= 4 is 9.84 Å². The summed E-state index contributed by atoms with van der Waals surface area (Å²) in [5, 5.41) is 2.92. The van der Waals surface area contributed by atoms with Gasteiger partial charge in [0.05, 0.1) is 11.4 Å². The van der Waals surface area contributed by atoms with Crippen molar-refractivity contribution in [3.8, 4) is 5.69 Å². The number of halogens is 3. The number of para-hydroxylation sites is 1. The second-order valence-corrected chi connectivity index (χ2v) is 6.24. The minimum absolute atomic E-state index is 0.259. The molecule has 1 heterocycles. The van der Waals surface area contributed by atoms with Crippen LogP contribution in [-0.2, 0) is 16.0 Å². The van der Waals surface area contributed by atoms with Crippen molar-refractivity contribution in [2.45, 2.75) is 18.1 Å². The average molecular weight is 304 g/mol. The van der Waals surface area contributed by atoms with Crippen LogP contribution in [0.2, 0.25) is 0 Å². The van der Waals surface area contributed by atoms with Gasteiger partial charge in [0, 0.05) is 6.07 Å². The fourth-order valence-electron chi connectivity index (χ4n) is 1.63. The zero-order valence-electron chi connectivity index (χ0n) is 10.4. The normalized spacial score (nSPS) is 12.6. The third kappa shape index (κ3) is 2.69. The van der Waals surface area contributed by atoms with E-state index in [0.717, 1.165) is 4.68 Å². The Hall–Kier alpha value is -1.83. The molecule has 1 aromatic heterocycles. The molecule has 0 unspecified atom stereocenters. The van der Waals surface area contributed by atoms with E-state index in [1.807, 2.05) is 0 Å². The molecular weight excluding hydrogens is 293 g/mol. The third-order valence-corrected chi connectivity index (χ3v) is 4.35. The Balaban J connectivity index is 2.70. The zero-order chi connectivity index (χ0) is 15.0. The Bertz CT molecular complexity index is 706. The van der Waals surface area contributed by atoms with Crippen LogP contribution < -0.4 is 0 Å². The Morgan fingerprint density at radius 1 is 1.20 bits per heavy atom. The molecule has 0 N–H and O–H groups in total. The Morgan fingerprint density at radius 2 is 1.80 bits per heavy atom. The van der Waals surface area contributed by atoms with Gasteiger partial charge >= 0.3 is 6.18 Å². The largest absolute Gasteiger partial charge is 0.435 e. The lowest BCUT2D eigenvalue weighted by Gasteiger charge is -2.06. The summed E-state index contributed by atoms with van der Waals surface area (Å²) in [4.78, 5) is 0. The predicted octanol–water partition coefficient (Wildman–Crippen LogP) is 2.68. The van der Waals surface area contributed by atoms with E-state index in [-0.39, 0.29) is 11.4 Å². The van der Waals surface area contributed by atoms with Crippen molar-refractivity contribution in [1.29, 1.82) is 0 Å². The third-order valence-electron chi connectivity index (χ3n) is 2.67. The Labute approximate surface area is 113 Å². The van der Waals surface area contributed by atoms with Gasteiger partial charge < -0.3 is 0 Å². The van der Waals surface area contributed by atoms with Crippen molar-refractivity contribution in [3.05, 3.63) is 42.1 Å². The van der Waals surface area contributed by atoms with Gasteiger partial charge in [-0.05, 0) is 12.1 Å². The molecule has 0 amide bonds. The maximum Gasteiger partial charge on any atom is 0.435 e. The summed E-state index contributed by atoms with van der Waals surface area (Å²) in [5.74, 6) is -0.303. The minimum atomic E-state index is -4.70. The molecule has 0 fully saturated rings. The molecule has 0 saturated carbocycles. The van der Waals surface area contributed by atoms with Crippen LogP contribution in [0.1, 0.15) is 12.6 Å². The van der Waals surface area contributed by atoms with Gasteiger partial charge in [0.25, 0.3) is 0 Å². The lowest BCUT2D eigenvalue weighted by molar-refractivity contribution is -0.141. The van der Waals surface area contributed by atoms with Gasteiger partial charge in [-0.1, -0.05) is 25.1 Å². The van der Waals surface area contributed by atoms with Crippen LogP contribution in [0.5, 0.6) is 0 Å². The van der Waals surface area contributed by atoms with Crippen molar-refractivity contribution in [3.63, 3.8) is 0 Å². The first-order valence-corrected chi connectivity index (χ1v) is 7.36. The number of aromatic nitrogens is 2. The van der Waals surface area contributed by atoms with Crippen LogP contribution in [0, 0.1) is 0 Å². The number of hydrogen-bond acceptors (Lipinski definition) is 3.